The fraction of sp³-hybridized carbons (Fsp3) is 0.647. The van der Waals surface area contributed by atoms with E-state index < -0.39 is 95.8 Å². The Balaban J connectivity index is 1.12. The number of hydrogen-bond acceptors (Lipinski definition) is 15. The van der Waals surface area contributed by atoms with Gasteiger partial charge in [-0.15, -0.1) is 20.2 Å². The van der Waals surface area contributed by atoms with Crippen LogP contribution >= 0.6 is 0 Å². The minimum absolute atomic E-state index is 0.00186. The Hall–Kier alpha value is -4.46. The zero-order valence-corrected chi connectivity index (χ0v) is 28.7. The van der Waals surface area contributed by atoms with Crippen LogP contribution in [0.5, 0.6) is 5.75 Å². The molecular formula is C34H44F2N2O15. The molecule has 2 aliphatic heterocycles. The summed E-state index contributed by atoms with van der Waals surface area (Å²) in [6.45, 7) is -1.51. The Morgan fingerprint density at radius 2 is 1.58 bits per heavy atom. The minimum Gasteiger partial charge on any atom is -0.487 e. The van der Waals surface area contributed by atoms with E-state index in [-0.39, 0.29) is 45.3 Å². The number of esters is 2. The van der Waals surface area contributed by atoms with Gasteiger partial charge in [0, 0.05) is 25.2 Å². The number of para-hydroxylation sites is 1. The molecule has 1 aliphatic carbocycles. The van der Waals surface area contributed by atoms with E-state index in [1.165, 1.54) is 6.08 Å². The number of carbonyl (C=O) groups is 2. The summed E-state index contributed by atoms with van der Waals surface area (Å²) in [4.78, 5) is 54.3. The second kappa shape index (κ2) is 20.1. The van der Waals surface area contributed by atoms with Crippen molar-refractivity contribution in [2.75, 3.05) is 26.4 Å². The Kier molecular flexibility index (Phi) is 15.7. The lowest BCUT2D eigenvalue weighted by Crippen LogP contribution is -2.36. The Bertz CT molecular complexity index is 1420. The van der Waals surface area contributed by atoms with Crippen molar-refractivity contribution in [2.45, 2.75) is 100 Å². The molecule has 1 aromatic rings. The monoisotopic (exact) mass is 758 g/mol. The molecule has 0 amide bonds. The van der Waals surface area contributed by atoms with Crippen molar-refractivity contribution >= 4 is 11.9 Å². The first-order chi connectivity index (χ1) is 25.3. The molecule has 1 saturated carbocycles. The van der Waals surface area contributed by atoms with Gasteiger partial charge in [0.05, 0.1) is 25.4 Å². The molecule has 3 aliphatic rings. The molecule has 0 bridgehead atoms. The van der Waals surface area contributed by atoms with Crippen LogP contribution in [-0.4, -0.2) is 107 Å². The molecule has 3 fully saturated rings. The number of hydrogen-bond donors (Lipinski definition) is 2. The summed E-state index contributed by atoms with van der Waals surface area (Å²) in [5.41, 5.74) is 0. The van der Waals surface area contributed by atoms with E-state index in [2.05, 4.69) is 9.68 Å². The van der Waals surface area contributed by atoms with E-state index in [4.69, 9.17) is 23.7 Å². The number of fused-ring (bicyclic) bond motifs is 1. The second-order valence-electron chi connectivity index (χ2n) is 12.9. The maximum Gasteiger partial charge on any atom is 0.306 e. The van der Waals surface area contributed by atoms with E-state index in [0.29, 0.717) is 31.1 Å². The summed E-state index contributed by atoms with van der Waals surface area (Å²) in [5.74, 6) is -5.25. The van der Waals surface area contributed by atoms with Crippen molar-refractivity contribution in [1.82, 2.24) is 0 Å². The predicted molar refractivity (Wildman–Crippen MR) is 175 cm³/mol. The van der Waals surface area contributed by atoms with E-state index in [1.54, 1.807) is 36.4 Å². The second-order valence-corrected chi connectivity index (χ2v) is 12.9. The lowest BCUT2D eigenvalue weighted by molar-refractivity contribution is -0.790. The van der Waals surface area contributed by atoms with Gasteiger partial charge < -0.3 is 43.6 Å². The van der Waals surface area contributed by atoms with Crippen LogP contribution in [0.15, 0.2) is 54.6 Å². The number of aliphatic hydroxyl groups is 2. The molecule has 4 rings (SSSR count). The molecule has 9 atom stereocenters. The third-order valence-electron chi connectivity index (χ3n) is 9.02. The number of aliphatic hydroxyl groups excluding tert-OH is 2. The number of benzene rings is 1. The summed E-state index contributed by atoms with van der Waals surface area (Å²) in [7, 11) is 0. The van der Waals surface area contributed by atoms with Gasteiger partial charge in [0.1, 0.15) is 30.7 Å². The van der Waals surface area contributed by atoms with E-state index in [0.717, 1.165) is 0 Å². The first-order valence-electron chi connectivity index (χ1n) is 17.3. The molecule has 0 radical (unpaired) electrons. The van der Waals surface area contributed by atoms with Crippen molar-refractivity contribution in [3.05, 3.63) is 74.9 Å². The molecule has 2 heterocycles. The molecule has 19 heteroatoms. The highest BCUT2D eigenvalue weighted by atomic mass is 19.3. The summed E-state index contributed by atoms with van der Waals surface area (Å²) in [6.07, 6.45) is 0.927. The largest absolute Gasteiger partial charge is 0.487 e. The molecule has 0 aromatic heterocycles. The van der Waals surface area contributed by atoms with Gasteiger partial charge in [0.15, 0.2) is 18.8 Å². The number of allylic oxidation sites excluding steroid dienone is 2. The molecule has 17 nitrogen and oxygen atoms in total. The number of unbranched alkanes of at least 4 members (excludes halogenated alkanes) is 1. The fourth-order valence-electron chi connectivity index (χ4n) is 6.43. The highest BCUT2D eigenvalue weighted by Crippen LogP contribution is 2.37. The van der Waals surface area contributed by atoms with Crippen LogP contribution in [0.2, 0.25) is 0 Å². The average Bonchev–Trinajstić information content (AvgIpc) is 3.77. The van der Waals surface area contributed by atoms with Crippen molar-refractivity contribution in [3.63, 3.8) is 0 Å². The van der Waals surface area contributed by atoms with Crippen molar-refractivity contribution in [2.24, 2.45) is 11.8 Å². The van der Waals surface area contributed by atoms with Gasteiger partial charge in [-0.25, -0.2) is 0 Å². The van der Waals surface area contributed by atoms with Crippen molar-refractivity contribution < 1.29 is 72.1 Å². The van der Waals surface area contributed by atoms with Gasteiger partial charge in [-0.1, -0.05) is 36.4 Å². The minimum atomic E-state index is -3.28. The lowest BCUT2D eigenvalue weighted by atomic mass is 9.89. The first-order valence-corrected chi connectivity index (χ1v) is 17.3. The maximum atomic E-state index is 14.5. The van der Waals surface area contributed by atoms with Gasteiger partial charge in [-0.05, 0) is 56.2 Å². The zero-order valence-electron chi connectivity index (χ0n) is 28.7. The van der Waals surface area contributed by atoms with Crippen LogP contribution < -0.4 is 4.74 Å². The Morgan fingerprint density at radius 3 is 2.21 bits per heavy atom. The number of nitrogens with zero attached hydrogens (tertiary/aromatic N) is 2. The smallest absolute Gasteiger partial charge is 0.306 e. The van der Waals surface area contributed by atoms with Gasteiger partial charge in [0.2, 0.25) is 0 Å². The Morgan fingerprint density at radius 1 is 0.943 bits per heavy atom. The molecule has 1 unspecified atom stereocenters. The van der Waals surface area contributed by atoms with E-state index in [1.807, 2.05) is 6.08 Å². The van der Waals surface area contributed by atoms with Crippen LogP contribution in [0.1, 0.15) is 51.4 Å². The fourth-order valence-corrected chi connectivity index (χ4v) is 6.43. The molecule has 1 aromatic carbocycles. The summed E-state index contributed by atoms with van der Waals surface area (Å²) < 4.78 is 56.5. The van der Waals surface area contributed by atoms with Gasteiger partial charge in [-0.3, -0.25) is 9.59 Å². The van der Waals surface area contributed by atoms with Gasteiger partial charge in [-0.2, -0.15) is 8.78 Å². The summed E-state index contributed by atoms with van der Waals surface area (Å²) in [6, 6.07) is 8.23. The van der Waals surface area contributed by atoms with E-state index in [9.17, 15) is 48.8 Å². The van der Waals surface area contributed by atoms with E-state index >= 15 is 0 Å². The maximum absolute atomic E-state index is 14.5. The number of rotatable bonds is 22. The molecule has 53 heavy (non-hydrogen) atoms. The normalized spacial score (nSPS) is 27.4. The molecule has 2 N–H and O–H groups in total. The highest BCUT2D eigenvalue weighted by Gasteiger charge is 2.51. The Labute approximate surface area is 303 Å². The quantitative estimate of drug-likeness (QED) is 0.0569. The topological polar surface area (TPSA) is 225 Å². The van der Waals surface area contributed by atoms with Crippen LogP contribution in [0.3, 0.4) is 0 Å². The number of carbonyl (C=O) groups excluding carboxylic acids is 2. The van der Waals surface area contributed by atoms with Crippen LogP contribution in [0, 0.1) is 32.1 Å². The van der Waals surface area contributed by atoms with Crippen LogP contribution in [0.4, 0.5) is 8.78 Å². The van der Waals surface area contributed by atoms with Crippen molar-refractivity contribution in [1.29, 1.82) is 0 Å². The predicted octanol–water partition coefficient (Wildman–Crippen LogP) is 3.31. The molecule has 2 saturated heterocycles. The molecule has 0 spiro atoms. The van der Waals surface area contributed by atoms with Crippen LogP contribution in [0.25, 0.3) is 0 Å². The summed E-state index contributed by atoms with van der Waals surface area (Å²) in [5, 5.41) is 39.6. The third-order valence-corrected chi connectivity index (χ3v) is 9.02. The SMILES string of the molecule is O=C(CCC/C=C\C[C@@H]1[C@@H](/C=C/C(F)(F)COc2ccccc2)[C@H](O)C[C@@H]1O)O[C@@H]1CO[C@H]2[C@@H]1OC[C@H]2OC(=O)CCCC(CO[N+](=O)[O-])O[N+](=O)[O-]. The summed E-state index contributed by atoms with van der Waals surface area (Å²) >= 11 is 0. The number of halogens is 2. The third kappa shape index (κ3) is 13.5. The zero-order chi connectivity index (χ0) is 38.4. The first kappa shape index (κ1) is 41.3. The molecular weight excluding hydrogens is 714 g/mol. The van der Waals surface area contributed by atoms with Gasteiger partial charge in [0.25, 0.3) is 16.1 Å². The number of ether oxygens (including phenoxy) is 5. The standard InChI is InChI=1S/C34H44F2N2O15/c35-34(36,21-49-22-9-4-3-5-10-22)16-15-25-24(26(39)17-27(25)40)12-6-1-2-7-13-30(41)51-28-19-47-33-29(20-48-32(28)33)52-31(42)14-8-11-23(53-38(45)46)18-50-37(43)44/h1,3-6,9-10,15-16,23-29,32-33,39-40H,2,7-8,11-14,17-21H2/b6-1-,16-15+/t23?,24-,25-,26+,27-,28-,29-,32-,33-/m1/s1. The average molecular weight is 759 g/mol. The van der Waals surface area contributed by atoms with Gasteiger partial charge >= 0.3 is 11.9 Å². The van der Waals surface area contributed by atoms with Crippen molar-refractivity contribution in [3.8, 4) is 5.75 Å². The highest BCUT2D eigenvalue weighted by molar-refractivity contribution is 5.70. The lowest BCUT2D eigenvalue weighted by Gasteiger charge is -2.20. The molecule has 294 valence electrons. The van der Waals surface area contributed by atoms with Crippen LogP contribution in [-0.2, 0) is 38.2 Å². The number of alkyl halides is 2.